The zero-order valence-electron chi connectivity index (χ0n) is 12.1. The second kappa shape index (κ2) is 5.55. The molecule has 0 aliphatic rings. The molecule has 2 aromatic rings. The summed E-state index contributed by atoms with van der Waals surface area (Å²) in [5, 5.41) is 6.22. The van der Waals surface area contributed by atoms with Gasteiger partial charge in [-0.25, -0.2) is 13.6 Å². The van der Waals surface area contributed by atoms with Gasteiger partial charge < -0.3 is 9.47 Å². The summed E-state index contributed by atoms with van der Waals surface area (Å²) in [7, 11) is 2.59. The molecule has 1 heterocycles. The highest BCUT2D eigenvalue weighted by atomic mass is 32.2. The minimum absolute atomic E-state index is 0.120. The van der Waals surface area contributed by atoms with E-state index in [9.17, 15) is 8.42 Å². The molecule has 0 unspecified atom stereocenters. The molecule has 0 aliphatic heterocycles. The number of likely N-dealkylation sites (N-methyl/N-ethyl adjacent to an activating group) is 1. The molecule has 1 aromatic carbocycles. The summed E-state index contributed by atoms with van der Waals surface area (Å²) < 4.78 is 24.5. The first-order valence-electron chi connectivity index (χ1n) is 6.48. The van der Waals surface area contributed by atoms with Crippen LogP contribution in [-0.2, 0) is 29.2 Å². The van der Waals surface area contributed by atoms with Gasteiger partial charge in [-0.2, -0.15) is 0 Å². The molecule has 0 radical (unpaired) electrons. The van der Waals surface area contributed by atoms with E-state index in [-0.39, 0.29) is 5.75 Å². The zero-order chi connectivity index (χ0) is 14.9. The molecule has 1 aromatic heterocycles. The van der Waals surface area contributed by atoms with E-state index in [1.165, 1.54) is 5.56 Å². The molecule has 0 spiro atoms. The van der Waals surface area contributed by atoms with Crippen molar-refractivity contribution in [1.82, 2.24) is 9.47 Å². The topological polar surface area (TPSA) is 68.3 Å². The number of benzene rings is 1. The Bertz CT molecular complexity index is 717. The number of hydrogen-bond donors (Lipinski definition) is 1. The third kappa shape index (κ3) is 3.59. The third-order valence-electron chi connectivity index (χ3n) is 3.33. The fraction of sp³-hybridized carbons (Fsp3) is 0.429. The maximum absolute atomic E-state index is 11.2. The predicted octanol–water partition coefficient (Wildman–Crippen LogP) is 1.07. The van der Waals surface area contributed by atoms with Gasteiger partial charge in [-0.05, 0) is 43.8 Å². The van der Waals surface area contributed by atoms with Crippen LogP contribution < -0.4 is 5.14 Å². The Morgan fingerprint density at radius 1 is 1.30 bits per heavy atom. The van der Waals surface area contributed by atoms with E-state index in [0.717, 1.165) is 29.4 Å². The predicted molar refractivity (Wildman–Crippen MR) is 82.0 cm³/mol. The lowest BCUT2D eigenvalue weighted by Gasteiger charge is -2.08. The second-order valence-electron chi connectivity index (χ2n) is 5.48. The smallest absolute Gasteiger partial charge is 0.213 e. The van der Waals surface area contributed by atoms with Crippen LogP contribution in [0.1, 0.15) is 11.1 Å². The van der Waals surface area contributed by atoms with Gasteiger partial charge >= 0.3 is 0 Å². The van der Waals surface area contributed by atoms with Crippen LogP contribution in [0.25, 0.3) is 10.9 Å². The Labute approximate surface area is 120 Å². The van der Waals surface area contributed by atoms with Gasteiger partial charge in [0.1, 0.15) is 0 Å². The number of rotatable bonds is 5. The van der Waals surface area contributed by atoms with Crippen LogP contribution in [0.5, 0.6) is 0 Å². The second-order valence-corrected chi connectivity index (χ2v) is 7.09. The van der Waals surface area contributed by atoms with E-state index in [0.29, 0.717) is 0 Å². The highest BCUT2D eigenvalue weighted by Gasteiger charge is 2.10. The molecular weight excluding hydrogens is 274 g/mol. The lowest BCUT2D eigenvalue weighted by molar-refractivity contribution is 0.414. The average molecular weight is 295 g/mol. The van der Waals surface area contributed by atoms with E-state index in [1.807, 2.05) is 39.3 Å². The number of aryl methyl sites for hydroxylation is 1. The van der Waals surface area contributed by atoms with E-state index in [2.05, 4.69) is 15.7 Å². The van der Waals surface area contributed by atoms with Crippen molar-refractivity contribution in [3.63, 3.8) is 0 Å². The van der Waals surface area contributed by atoms with Crippen LogP contribution in [0.4, 0.5) is 0 Å². The monoisotopic (exact) mass is 295 g/mol. The molecular formula is C14H21N3O2S. The van der Waals surface area contributed by atoms with Crippen LogP contribution in [0.2, 0.25) is 0 Å². The van der Waals surface area contributed by atoms with Crippen LogP contribution in [0, 0.1) is 0 Å². The van der Waals surface area contributed by atoms with Crippen molar-refractivity contribution in [2.45, 2.75) is 12.2 Å². The Morgan fingerprint density at radius 3 is 2.60 bits per heavy atom. The number of nitrogens with two attached hydrogens (primary N) is 1. The maximum Gasteiger partial charge on any atom is 0.213 e. The number of hydrogen-bond acceptors (Lipinski definition) is 3. The van der Waals surface area contributed by atoms with Gasteiger partial charge in [0.2, 0.25) is 10.0 Å². The number of primary sulfonamides is 1. The summed E-state index contributed by atoms with van der Waals surface area (Å²) in [5.41, 5.74) is 3.07. The molecule has 0 fully saturated rings. The summed E-state index contributed by atoms with van der Waals surface area (Å²) in [6, 6.07) is 5.71. The molecule has 0 atom stereocenters. The van der Waals surface area contributed by atoms with Crippen LogP contribution in [0.3, 0.4) is 0 Å². The molecule has 0 saturated carbocycles. The van der Waals surface area contributed by atoms with Crippen molar-refractivity contribution in [2.24, 2.45) is 12.2 Å². The largest absolute Gasteiger partial charge is 0.350 e. The SMILES string of the molecule is CN(C)CCc1cn(C)c2ccc(CS(N)(=O)=O)cc12. The number of aromatic nitrogens is 1. The van der Waals surface area contributed by atoms with Gasteiger partial charge in [-0.15, -0.1) is 0 Å². The van der Waals surface area contributed by atoms with Gasteiger partial charge in [0, 0.05) is 30.7 Å². The molecule has 2 rings (SSSR count). The Kier molecular flexibility index (Phi) is 4.17. The molecule has 110 valence electrons. The van der Waals surface area contributed by atoms with Gasteiger partial charge in [0.15, 0.2) is 0 Å². The van der Waals surface area contributed by atoms with E-state index in [4.69, 9.17) is 5.14 Å². The molecule has 20 heavy (non-hydrogen) atoms. The van der Waals surface area contributed by atoms with Crippen molar-refractivity contribution < 1.29 is 8.42 Å². The summed E-state index contributed by atoms with van der Waals surface area (Å²) in [6.45, 7) is 0.957. The fourth-order valence-corrected chi connectivity index (χ4v) is 3.03. The summed E-state index contributed by atoms with van der Waals surface area (Å²) >= 11 is 0. The van der Waals surface area contributed by atoms with Crippen molar-refractivity contribution in [2.75, 3.05) is 20.6 Å². The third-order valence-corrected chi connectivity index (χ3v) is 4.07. The Balaban J connectivity index is 2.40. The molecule has 2 N–H and O–H groups in total. The minimum Gasteiger partial charge on any atom is -0.350 e. The summed E-state index contributed by atoms with van der Waals surface area (Å²) in [4.78, 5) is 2.13. The Hall–Kier alpha value is -1.37. The van der Waals surface area contributed by atoms with Crippen molar-refractivity contribution >= 4 is 20.9 Å². The lowest BCUT2D eigenvalue weighted by Crippen LogP contribution is -2.15. The first-order chi connectivity index (χ1) is 9.26. The maximum atomic E-state index is 11.2. The molecule has 0 saturated heterocycles. The van der Waals surface area contributed by atoms with Crippen molar-refractivity contribution in [3.8, 4) is 0 Å². The van der Waals surface area contributed by atoms with E-state index in [1.54, 1.807) is 0 Å². The standard InChI is InChI=1S/C14H21N3O2S/c1-16(2)7-6-12-9-17(3)14-5-4-11(8-13(12)14)10-20(15,18)19/h4-5,8-9H,6-7,10H2,1-3H3,(H2,15,18,19). The van der Waals surface area contributed by atoms with E-state index < -0.39 is 10.0 Å². The summed E-state index contributed by atoms with van der Waals surface area (Å²) in [6.07, 6.45) is 3.04. The molecule has 6 heteroatoms. The molecule has 0 amide bonds. The molecule has 5 nitrogen and oxygen atoms in total. The average Bonchev–Trinajstić information content (AvgIpc) is 2.61. The van der Waals surface area contributed by atoms with E-state index >= 15 is 0 Å². The zero-order valence-corrected chi connectivity index (χ0v) is 12.9. The fourth-order valence-electron chi connectivity index (χ4n) is 2.39. The van der Waals surface area contributed by atoms with Gasteiger partial charge in [-0.3, -0.25) is 0 Å². The van der Waals surface area contributed by atoms with Crippen LogP contribution >= 0.6 is 0 Å². The number of sulfonamides is 1. The minimum atomic E-state index is -3.49. The van der Waals surface area contributed by atoms with Gasteiger partial charge in [-0.1, -0.05) is 6.07 Å². The molecule has 0 bridgehead atoms. The first kappa shape index (κ1) is 15.0. The molecule has 0 aliphatic carbocycles. The lowest BCUT2D eigenvalue weighted by atomic mass is 10.1. The summed E-state index contributed by atoms with van der Waals surface area (Å²) in [5.74, 6) is -0.120. The van der Waals surface area contributed by atoms with Crippen molar-refractivity contribution in [1.29, 1.82) is 0 Å². The first-order valence-corrected chi connectivity index (χ1v) is 8.20. The number of fused-ring (bicyclic) bond motifs is 1. The highest BCUT2D eigenvalue weighted by molar-refractivity contribution is 7.88. The quantitative estimate of drug-likeness (QED) is 0.897. The Morgan fingerprint density at radius 2 is 2.00 bits per heavy atom. The normalized spacial score (nSPS) is 12.4. The van der Waals surface area contributed by atoms with Gasteiger partial charge in [0.25, 0.3) is 0 Å². The number of nitrogens with zero attached hydrogens (tertiary/aromatic N) is 2. The highest BCUT2D eigenvalue weighted by Crippen LogP contribution is 2.23. The van der Waals surface area contributed by atoms with Crippen LogP contribution in [0.15, 0.2) is 24.4 Å². The van der Waals surface area contributed by atoms with Crippen molar-refractivity contribution in [3.05, 3.63) is 35.5 Å². The van der Waals surface area contributed by atoms with Crippen LogP contribution in [-0.4, -0.2) is 38.5 Å². The van der Waals surface area contributed by atoms with Gasteiger partial charge in [0.05, 0.1) is 5.75 Å².